The second kappa shape index (κ2) is 11.1. The number of aromatic nitrogens is 2. The Balaban J connectivity index is 0.00000364. The predicted octanol–water partition coefficient (Wildman–Crippen LogP) is 3.16. The monoisotopic (exact) mass is 493 g/mol. The third-order valence-corrected chi connectivity index (χ3v) is 4.18. The van der Waals surface area contributed by atoms with Gasteiger partial charge < -0.3 is 15.4 Å². The Kier molecular flexibility index (Phi) is 9.47. The van der Waals surface area contributed by atoms with E-state index in [0.29, 0.717) is 24.6 Å². The van der Waals surface area contributed by atoms with Crippen LogP contribution in [0.5, 0.6) is 5.75 Å². The molecule has 0 saturated carbocycles. The number of aryl methyl sites for hydroxylation is 2. The second-order valence-electron chi connectivity index (χ2n) is 5.86. The maximum Gasteiger partial charge on any atom is 0.387 e. The Bertz CT molecular complexity index is 764. The van der Waals surface area contributed by atoms with Gasteiger partial charge >= 0.3 is 6.61 Å². The zero-order chi connectivity index (χ0) is 19.1. The fraction of sp³-hybridized carbons (Fsp3) is 0.444. The lowest BCUT2D eigenvalue weighted by Crippen LogP contribution is -2.38. The quantitative estimate of drug-likeness (QED) is 0.354. The van der Waals surface area contributed by atoms with E-state index in [2.05, 4.69) is 25.5 Å². The number of rotatable bonds is 7. The first-order chi connectivity index (χ1) is 12.4. The summed E-state index contributed by atoms with van der Waals surface area (Å²) in [7, 11) is 3.59. The number of halogens is 3. The van der Waals surface area contributed by atoms with Crippen molar-refractivity contribution in [3.63, 3.8) is 0 Å². The SMILES string of the molecule is CN=C(NCCc1c(C)nn(C)c1C)NCc1ccccc1OC(F)F.I. The number of hydrogen-bond donors (Lipinski definition) is 2. The second-order valence-corrected chi connectivity index (χ2v) is 5.86. The number of guanidine groups is 1. The molecule has 9 heteroatoms. The summed E-state index contributed by atoms with van der Waals surface area (Å²) in [6, 6.07) is 6.69. The van der Waals surface area contributed by atoms with Crippen LogP contribution < -0.4 is 15.4 Å². The van der Waals surface area contributed by atoms with Gasteiger partial charge in [-0.25, -0.2) is 0 Å². The van der Waals surface area contributed by atoms with Crippen LogP contribution in [0.1, 0.15) is 22.5 Å². The van der Waals surface area contributed by atoms with E-state index in [1.54, 1.807) is 25.2 Å². The lowest BCUT2D eigenvalue weighted by atomic mass is 10.1. The van der Waals surface area contributed by atoms with Crippen molar-refractivity contribution in [2.24, 2.45) is 12.0 Å². The van der Waals surface area contributed by atoms with Crippen LogP contribution in [-0.4, -0.2) is 35.9 Å². The van der Waals surface area contributed by atoms with Crippen molar-refractivity contribution >= 4 is 29.9 Å². The van der Waals surface area contributed by atoms with Gasteiger partial charge in [-0.15, -0.1) is 24.0 Å². The van der Waals surface area contributed by atoms with Crippen molar-refractivity contribution < 1.29 is 13.5 Å². The maximum absolute atomic E-state index is 12.5. The molecule has 1 heterocycles. The summed E-state index contributed by atoms with van der Waals surface area (Å²) >= 11 is 0. The molecular formula is C18H26F2IN5O. The Hall–Kier alpha value is -1.91. The van der Waals surface area contributed by atoms with Gasteiger partial charge in [-0.05, 0) is 31.9 Å². The van der Waals surface area contributed by atoms with Gasteiger partial charge in [0.2, 0.25) is 0 Å². The largest absolute Gasteiger partial charge is 0.434 e. The average molecular weight is 493 g/mol. The molecule has 0 saturated heterocycles. The van der Waals surface area contributed by atoms with Crippen LogP contribution in [0.4, 0.5) is 8.78 Å². The van der Waals surface area contributed by atoms with Gasteiger partial charge in [0, 0.05) is 38.4 Å². The van der Waals surface area contributed by atoms with Gasteiger partial charge in [0.1, 0.15) is 5.75 Å². The standard InChI is InChI=1S/C18H25F2N5O.HI/c1-12-15(13(2)25(4)24-12)9-10-22-18(21-3)23-11-14-7-5-6-8-16(14)26-17(19)20;/h5-8,17H,9-11H2,1-4H3,(H2,21,22,23);1H. The van der Waals surface area contributed by atoms with Crippen LogP contribution in [0.3, 0.4) is 0 Å². The maximum atomic E-state index is 12.5. The fourth-order valence-electron chi connectivity index (χ4n) is 2.75. The first kappa shape index (κ1) is 23.1. The highest BCUT2D eigenvalue weighted by molar-refractivity contribution is 14.0. The lowest BCUT2D eigenvalue weighted by Gasteiger charge is -2.14. The van der Waals surface area contributed by atoms with Crippen molar-refractivity contribution in [2.45, 2.75) is 33.4 Å². The summed E-state index contributed by atoms with van der Waals surface area (Å²) in [6.07, 6.45) is 0.817. The number of alkyl halides is 2. The molecular weight excluding hydrogens is 467 g/mol. The number of benzene rings is 1. The zero-order valence-electron chi connectivity index (χ0n) is 15.9. The number of para-hydroxylation sites is 1. The van der Waals surface area contributed by atoms with Crippen molar-refractivity contribution in [1.29, 1.82) is 0 Å². The summed E-state index contributed by atoms with van der Waals surface area (Å²) in [6.45, 7) is 2.20. The highest BCUT2D eigenvalue weighted by atomic mass is 127. The van der Waals surface area contributed by atoms with E-state index in [9.17, 15) is 8.78 Å². The van der Waals surface area contributed by atoms with Crippen LogP contribution in [-0.2, 0) is 20.0 Å². The molecule has 0 fully saturated rings. The molecule has 150 valence electrons. The third kappa shape index (κ3) is 6.64. The molecule has 0 amide bonds. The Labute approximate surface area is 175 Å². The van der Waals surface area contributed by atoms with E-state index in [1.165, 1.54) is 11.6 Å². The van der Waals surface area contributed by atoms with Crippen LogP contribution in [0.2, 0.25) is 0 Å². The normalized spacial score (nSPS) is 11.3. The molecule has 0 spiro atoms. The summed E-state index contributed by atoms with van der Waals surface area (Å²) < 4.78 is 31.4. The Morgan fingerprint density at radius 2 is 1.96 bits per heavy atom. The predicted molar refractivity (Wildman–Crippen MR) is 113 cm³/mol. The molecule has 27 heavy (non-hydrogen) atoms. The highest BCUT2D eigenvalue weighted by Crippen LogP contribution is 2.19. The minimum atomic E-state index is -2.85. The molecule has 2 rings (SSSR count). The Morgan fingerprint density at radius 3 is 2.56 bits per heavy atom. The summed E-state index contributed by atoms with van der Waals surface area (Å²) in [5, 5.41) is 10.7. The highest BCUT2D eigenvalue weighted by Gasteiger charge is 2.11. The third-order valence-electron chi connectivity index (χ3n) is 4.18. The first-order valence-electron chi connectivity index (χ1n) is 8.38. The number of hydrogen-bond acceptors (Lipinski definition) is 3. The minimum absolute atomic E-state index is 0. The minimum Gasteiger partial charge on any atom is -0.434 e. The van der Waals surface area contributed by atoms with E-state index < -0.39 is 6.61 Å². The van der Waals surface area contributed by atoms with Crippen LogP contribution in [0, 0.1) is 13.8 Å². The molecule has 2 N–H and O–H groups in total. The van der Waals surface area contributed by atoms with Gasteiger partial charge in [-0.2, -0.15) is 13.9 Å². The molecule has 0 bridgehead atoms. The van der Waals surface area contributed by atoms with Gasteiger partial charge in [-0.1, -0.05) is 18.2 Å². The summed E-state index contributed by atoms with van der Waals surface area (Å²) in [5.74, 6) is 0.753. The zero-order valence-corrected chi connectivity index (χ0v) is 18.3. The van der Waals surface area contributed by atoms with Gasteiger partial charge in [-0.3, -0.25) is 9.67 Å². The molecule has 1 aromatic carbocycles. The molecule has 0 aliphatic rings. The van der Waals surface area contributed by atoms with E-state index in [1.807, 2.05) is 25.6 Å². The molecule has 1 aromatic heterocycles. The van der Waals surface area contributed by atoms with Crippen LogP contribution in [0.25, 0.3) is 0 Å². The average Bonchev–Trinajstić information content (AvgIpc) is 2.84. The molecule has 0 aliphatic heterocycles. The van der Waals surface area contributed by atoms with E-state index in [0.717, 1.165) is 17.8 Å². The van der Waals surface area contributed by atoms with Crippen LogP contribution in [0.15, 0.2) is 29.3 Å². The lowest BCUT2D eigenvalue weighted by molar-refractivity contribution is -0.0504. The summed E-state index contributed by atoms with van der Waals surface area (Å²) in [4.78, 5) is 4.16. The van der Waals surface area contributed by atoms with Crippen molar-refractivity contribution in [3.8, 4) is 5.75 Å². The molecule has 0 radical (unpaired) electrons. The fourth-order valence-corrected chi connectivity index (χ4v) is 2.75. The van der Waals surface area contributed by atoms with Crippen molar-refractivity contribution in [3.05, 3.63) is 46.8 Å². The number of nitrogens with zero attached hydrogens (tertiary/aromatic N) is 3. The van der Waals surface area contributed by atoms with Gasteiger partial charge in [0.25, 0.3) is 0 Å². The topological polar surface area (TPSA) is 63.5 Å². The van der Waals surface area contributed by atoms with Crippen molar-refractivity contribution in [1.82, 2.24) is 20.4 Å². The molecule has 2 aromatic rings. The smallest absolute Gasteiger partial charge is 0.387 e. The molecule has 0 atom stereocenters. The van der Waals surface area contributed by atoms with Gasteiger partial charge in [0.15, 0.2) is 5.96 Å². The van der Waals surface area contributed by atoms with Crippen molar-refractivity contribution in [2.75, 3.05) is 13.6 Å². The molecule has 0 aliphatic carbocycles. The van der Waals surface area contributed by atoms with E-state index >= 15 is 0 Å². The van der Waals surface area contributed by atoms with E-state index in [4.69, 9.17) is 0 Å². The molecule has 0 unspecified atom stereocenters. The van der Waals surface area contributed by atoms with E-state index in [-0.39, 0.29) is 29.7 Å². The number of nitrogens with one attached hydrogen (secondary N) is 2. The molecule has 6 nitrogen and oxygen atoms in total. The summed E-state index contributed by atoms with van der Waals surface area (Å²) in [5.41, 5.74) is 4.01. The number of aliphatic imine (C=N–C) groups is 1. The first-order valence-corrected chi connectivity index (χ1v) is 8.38. The Morgan fingerprint density at radius 1 is 1.26 bits per heavy atom. The van der Waals surface area contributed by atoms with Gasteiger partial charge in [0.05, 0.1) is 5.69 Å². The number of ether oxygens (including phenoxy) is 1. The van der Waals surface area contributed by atoms with Crippen LogP contribution >= 0.6 is 24.0 Å².